The predicted molar refractivity (Wildman–Crippen MR) is 85.0 cm³/mol. The molecule has 1 atom stereocenters. The maximum absolute atomic E-state index is 12.1. The van der Waals surface area contributed by atoms with E-state index in [0.29, 0.717) is 18.0 Å². The van der Waals surface area contributed by atoms with Crippen molar-refractivity contribution < 1.29 is 9.59 Å². The summed E-state index contributed by atoms with van der Waals surface area (Å²) in [6.45, 7) is 7.74. The Kier molecular flexibility index (Phi) is 6.69. The number of rotatable bonds is 6. The Hall–Kier alpha value is -1.55. The number of nitrogens with one attached hydrogen (secondary N) is 1. The molecule has 0 spiro atoms. The lowest BCUT2D eigenvalue weighted by Crippen LogP contribution is -2.48. The molecule has 1 aromatic rings. The topological polar surface area (TPSA) is 49.4 Å². The smallest absolute Gasteiger partial charge is 0.242 e. The SMILES string of the molecule is CCC(=O)N(Cc1ccc(Cl)cc1)C(C)C(=O)NC(C)C. The van der Waals surface area contributed by atoms with Gasteiger partial charge in [-0.15, -0.1) is 0 Å². The van der Waals surface area contributed by atoms with E-state index in [1.54, 1.807) is 30.9 Å². The van der Waals surface area contributed by atoms with E-state index in [0.717, 1.165) is 5.56 Å². The number of nitrogens with zero attached hydrogens (tertiary/aromatic N) is 1. The van der Waals surface area contributed by atoms with Gasteiger partial charge in [-0.3, -0.25) is 9.59 Å². The third kappa shape index (κ3) is 5.38. The summed E-state index contributed by atoms with van der Waals surface area (Å²) in [5, 5.41) is 3.49. The molecule has 0 radical (unpaired) electrons. The molecule has 116 valence electrons. The molecule has 4 nitrogen and oxygen atoms in total. The van der Waals surface area contributed by atoms with Crippen LogP contribution in [0.25, 0.3) is 0 Å². The molecule has 21 heavy (non-hydrogen) atoms. The molecule has 0 aliphatic carbocycles. The van der Waals surface area contributed by atoms with Crippen LogP contribution >= 0.6 is 11.6 Å². The molecule has 0 saturated heterocycles. The molecule has 1 unspecified atom stereocenters. The van der Waals surface area contributed by atoms with Crippen molar-refractivity contribution in [2.24, 2.45) is 0 Å². The fraction of sp³-hybridized carbons (Fsp3) is 0.500. The minimum atomic E-state index is -0.504. The Morgan fingerprint density at radius 2 is 1.76 bits per heavy atom. The summed E-state index contributed by atoms with van der Waals surface area (Å²) >= 11 is 5.86. The highest BCUT2D eigenvalue weighted by Gasteiger charge is 2.25. The number of hydrogen-bond donors (Lipinski definition) is 1. The van der Waals surface area contributed by atoms with E-state index in [-0.39, 0.29) is 17.9 Å². The van der Waals surface area contributed by atoms with Gasteiger partial charge in [-0.25, -0.2) is 0 Å². The van der Waals surface area contributed by atoms with Gasteiger partial charge in [0, 0.05) is 24.0 Å². The lowest BCUT2D eigenvalue weighted by Gasteiger charge is -2.29. The van der Waals surface area contributed by atoms with E-state index in [4.69, 9.17) is 11.6 Å². The van der Waals surface area contributed by atoms with Crippen LogP contribution in [0.3, 0.4) is 0 Å². The van der Waals surface area contributed by atoms with E-state index < -0.39 is 6.04 Å². The van der Waals surface area contributed by atoms with E-state index in [9.17, 15) is 9.59 Å². The number of benzene rings is 1. The molecule has 5 heteroatoms. The van der Waals surface area contributed by atoms with Crippen LogP contribution in [-0.2, 0) is 16.1 Å². The maximum atomic E-state index is 12.1. The Balaban J connectivity index is 2.87. The highest BCUT2D eigenvalue weighted by Crippen LogP contribution is 2.14. The number of carbonyl (C=O) groups excluding carboxylic acids is 2. The molecule has 0 bridgehead atoms. The standard InChI is InChI=1S/C16H23ClN2O2/c1-5-15(20)19(12(4)16(21)18-11(2)3)10-13-6-8-14(17)9-7-13/h6-9,11-12H,5,10H2,1-4H3,(H,18,21). The van der Waals surface area contributed by atoms with Gasteiger partial charge in [-0.05, 0) is 38.5 Å². The van der Waals surface area contributed by atoms with Crippen molar-refractivity contribution in [3.05, 3.63) is 34.9 Å². The van der Waals surface area contributed by atoms with Gasteiger partial charge in [0.1, 0.15) is 6.04 Å². The second kappa shape index (κ2) is 8.03. The number of hydrogen-bond acceptors (Lipinski definition) is 2. The van der Waals surface area contributed by atoms with Gasteiger partial charge in [0.05, 0.1) is 0 Å². The van der Waals surface area contributed by atoms with Crippen molar-refractivity contribution in [2.75, 3.05) is 0 Å². The molecule has 0 aliphatic rings. The molecule has 1 N–H and O–H groups in total. The molecular weight excluding hydrogens is 288 g/mol. The average Bonchev–Trinajstić information content (AvgIpc) is 2.44. The molecule has 1 rings (SSSR count). The first-order valence-corrected chi connectivity index (χ1v) is 7.57. The van der Waals surface area contributed by atoms with Crippen molar-refractivity contribution in [2.45, 2.75) is 52.7 Å². The summed E-state index contributed by atoms with van der Waals surface area (Å²) in [4.78, 5) is 25.9. The second-order valence-corrected chi connectivity index (χ2v) is 5.78. The van der Waals surface area contributed by atoms with Crippen LogP contribution < -0.4 is 5.32 Å². The summed E-state index contributed by atoms with van der Waals surface area (Å²) in [6.07, 6.45) is 0.368. The van der Waals surface area contributed by atoms with Crippen LogP contribution in [0, 0.1) is 0 Å². The quantitative estimate of drug-likeness (QED) is 0.878. The molecule has 0 heterocycles. The summed E-state index contributed by atoms with van der Waals surface area (Å²) in [6, 6.07) is 6.84. The van der Waals surface area contributed by atoms with Gasteiger partial charge in [0.25, 0.3) is 0 Å². The zero-order valence-electron chi connectivity index (χ0n) is 13.0. The van der Waals surface area contributed by atoms with E-state index in [1.807, 2.05) is 26.0 Å². The molecule has 2 amide bonds. The Morgan fingerprint density at radius 3 is 2.24 bits per heavy atom. The molecule has 1 aromatic carbocycles. The van der Waals surface area contributed by atoms with Crippen molar-refractivity contribution in [1.82, 2.24) is 10.2 Å². The Morgan fingerprint density at radius 1 is 1.19 bits per heavy atom. The van der Waals surface area contributed by atoms with Crippen molar-refractivity contribution >= 4 is 23.4 Å². The minimum Gasteiger partial charge on any atom is -0.352 e. The van der Waals surface area contributed by atoms with Gasteiger partial charge in [-0.1, -0.05) is 30.7 Å². The minimum absolute atomic E-state index is 0.0450. The Labute approximate surface area is 131 Å². The van der Waals surface area contributed by atoms with Gasteiger partial charge in [-0.2, -0.15) is 0 Å². The van der Waals surface area contributed by atoms with Gasteiger partial charge >= 0.3 is 0 Å². The van der Waals surface area contributed by atoms with Crippen molar-refractivity contribution in [1.29, 1.82) is 0 Å². The second-order valence-electron chi connectivity index (χ2n) is 5.34. The molecule has 0 aliphatic heterocycles. The largest absolute Gasteiger partial charge is 0.352 e. The van der Waals surface area contributed by atoms with E-state index in [1.165, 1.54) is 0 Å². The van der Waals surface area contributed by atoms with Gasteiger partial charge in [0.2, 0.25) is 11.8 Å². The number of amides is 2. The first-order chi connectivity index (χ1) is 9.85. The van der Waals surface area contributed by atoms with E-state index >= 15 is 0 Å². The average molecular weight is 311 g/mol. The van der Waals surface area contributed by atoms with Crippen LogP contribution in [0.2, 0.25) is 5.02 Å². The summed E-state index contributed by atoms with van der Waals surface area (Å²) in [5.41, 5.74) is 0.949. The van der Waals surface area contributed by atoms with Crippen molar-refractivity contribution in [3.8, 4) is 0 Å². The zero-order chi connectivity index (χ0) is 16.0. The van der Waals surface area contributed by atoms with Gasteiger partial charge in [0.15, 0.2) is 0 Å². The normalized spacial score (nSPS) is 12.1. The first-order valence-electron chi connectivity index (χ1n) is 7.19. The fourth-order valence-corrected chi connectivity index (χ4v) is 2.10. The fourth-order valence-electron chi connectivity index (χ4n) is 1.98. The van der Waals surface area contributed by atoms with Crippen LogP contribution in [0.1, 0.15) is 39.7 Å². The molecule has 0 aromatic heterocycles. The maximum Gasteiger partial charge on any atom is 0.242 e. The van der Waals surface area contributed by atoms with Crippen LogP contribution in [0.5, 0.6) is 0 Å². The van der Waals surface area contributed by atoms with E-state index in [2.05, 4.69) is 5.32 Å². The highest BCUT2D eigenvalue weighted by atomic mass is 35.5. The summed E-state index contributed by atoms with van der Waals surface area (Å²) in [5.74, 6) is -0.183. The monoisotopic (exact) mass is 310 g/mol. The molecule has 0 saturated carbocycles. The lowest BCUT2D eigenvalue weighted by atomic mass is 10.1. The Bertz CT molecular complexity index is 486. The third-order valence-corrected chi connectivity index (χ3v) is 3.42. The van der Waals surface area contributed by atoms with Crippen LogP contribution in [0.15, 0.2) is 24.3 Å². The summed E-state index contributed by atoms with van der Waals surface area (Å²) in [7, 11) is 0. The lowest BCUT2D eigenvalue weighted by molar-refractivity contribution is -0.140. The zero-order valence-corrected chi connectivity index (χ0v) is 13.8. The number of carbonyl (C=O) groups is 2. The van der Waals surface area contributed by atoms with Crippen LogP contribution in [-0.4, -0.2) is 28.8 Å². The van der Waals surface area contributed by atoms with Crippen LogP contribution in [0.4, 0.5) is 0 Å². The third-order valence-electron chi connectivity index (χ3n) is 3.17. The molecule has 0 fully saturated rings. The van der Waals surface area contributed by atoms with Gasteiger partial charge < -0.3 is 10.2 Å². The highest BCUT2D eigenvalue weighted by molar-refractivity contribution is 6.30. The molecular formula is C16H23ClN2O2. The first kappa shape index (κ1) is 17.5. The predicted octanol–water partition coefficient (Wildman–Crippen LogP) is 2.99. The number of halogens is 1. The van der Waals surface area contributed by atoms with Crippen molar-refractivity contribution in [3.63, 3.8) is 0 Å². The summed E-state index contributed by atoms with van der Waals surface area (Å²) < 4.78 is 0.